The molecule has 0 spiro atoms. The monoisotopic (exact) mass is 343 g/mol. The minimum Gasteiger partial charge on any atom is -0.493 e. The van der Waals surface area contributed by atoms with Gasteiger partial charge in [-0.3, -0.25) is 9.58 Å². The number of nitrogens with zero attached hydrogens (tertiary/aromatic N) is 3. The Labute approximate surface area is 148 Å². The number of hydrogen-bond acceptors (Lipinski definition) is 5. The summed E-state index contributed by atoms with van der Waals surface area (Å²) in [6.45, 7) is 2.96. The van der Waals surface area contributed by atoms with Crippen molar-refractivity contribution < 1.29 is 14.6 Å². The van der Waals surface area contributed by atoms with Crippen LogP contribution in [0, 0.1) is 5.92 Å². The number of likely N-dealkylation sites (tertiary alicyclic amines) is 1. The minimum absolute atomic E-state index is 0.217. The van der Waals surface area contributed by atoms with Crippen molar-refractivity contribution in [2.75, 3.05) is 19.7 Å². The van der Waals surface area contributed by atoms with Crippen LogP contribution < -0.4 is 9.47 Å². The number of rotatable bonds is 7. The second kappa shape index (κ2) is 7.06. The van der Waals surface area contributed by atoms with Gasteiger partial charge in [0.25, 0.3) is 0 Å². The van der Waals surface area contributed by atoms with E-state index in [1.54, 1.807) is 10.9 Å². The molecule has 2 fully saturated rings. The van der Waals surface area contributed by atoms with Gasteiger partial charge in [-0.05, 0) is 36.5 Å². The van der Waals surface area contributed by atoms with Crippen LogP contribution in [0.25, 0.3) is 0 Å². The second-order valence-electron chi connectivity index (χ2n) is 7.17. The van der Waals surface area contributed by atoms with Crippen LogP contribution in [-0.4, -0.2) is 51.7 Å². The number of aromatic nitrogens is 2. The number of aryl methyl sites for hydroxylation is 1. The van der Waals surface area contributed by atoms with Crippen molar-refractivity contribution in [2.45, 2.75) is 31.6 Å². The van der Waals surface area contributed by atoms with Gasteiger partial charge in [-0.15, -0.1) is 0 Å². The molecule has 1 saturated heterocycles. The molecule has 6 nitrogen and oxygen atoms in total. The lowest BCUT2D eigenvalue weighted by Gasteiger charge is -2.16. The van der Waals surface area contributed by atoms with Crippen LogP contribution in [-0.2, 0) is 13.6 Å². The molecule has 1 aromatic carbocycles. The Hall–Kier alpha value is -2.05. The molecule has 0 radical (unpaired) electrons. The SMILES string of the molecule is Cn1cc(O[C@@H]2CN(Cc3ccc(OCC4CC4)cc3)C[C@H]2O)cn1. The van der Waals surface area contributed by atoms with Gasteiger partial charge in [0.2, 0.25) is 0 Å². The zero-order chi connectivity index (χ0) is 17.2. The van der Waals surface area contributed by atoms with Gasteiger partial charge >= 0.3 is 0 Å². The summed E-state index contributed by atoms with van der Waals surface area (Å²) in [5, 5.41) is 14.4. The first-order chi connectivity index (χ1) is 12.2. The van der Waals surface area contributed by atoms with Crippen molar-refractivity contribution in [3.05, 3.63) is 42.2 Å². The molecular formula is C19H25N3O3. The summed E-state index contributed by atoms with van der Waals surface area (Å²) in [7, 11) is 1.85. The maximum Gasteiger partial charge on any atom is 0.157 e. The standard InChI is InChI=1S/C19H25N3O3/c1-21-10-17(8-20-21)25-19-12-22(11-18(19)23)9-14-4-6-16(7-5-14)24-13-15-2-3-15/h4-8,10,15,18-19,23H,2-3,9,11-13H2,1H3/t18-,19-/m1/s1. The summed E-state index contributed by atoms with van der Waals surface area (Å²) < 4.78 is 13.3. The first-order valence-corrected chi connectivity index (χ1v) is 8.93. The van der Waals surface area contributed by atoms with E-state index in [2.05, 4.69) is 22.1 Å². The van der Waals surface area contributed by atoms with Gasteiger partial charge < -0.3 is 14.6 Å². The molecule has 1 aromatic heterocycles. The van der Waals surface area contributed by atoms with E-state index in [-0.39, 0.29) is 6.10 Å². The maximum absolute atomic E-state index is 10.3. The van der Waals surface area contributed by atoms with E-state index in [0.717, 1.165) is 24.8 Å². The molecule has 134 valence electrons. The number of aliphatic hydroxyl groups excluding tert-OH is 1. The van der Waals surface area contributed by atoms with Gasteiger partial charge in [0.05, 0.1) is 19.0 Å². The summed E-state index contributed by atoms with van der Waals surface area (Å²) >= 11 is 0. The summed E-state index contributed by atoms with van der Waals surface area (Å²) in [4.78, 5) is 2.21. The Bertz CT molecular complexity index is 696. The minimum atomic E-state index is -0.485. The molecule has 1 aliphatic carbocycles. The Balaban J connectivity index is 1.28. The molecule has 0 unspecified atom stereocenters. The van der Waals surface area contributed by atoms with Gasteiger partial charge in [0.15, 0.2) is 5.75 Å². The first-order valence-electron chi connectivity index (χ1n) is 8.93. The highest BCUT2D eigenvalue weighted by atomic mass is 16.5. The maximum atomic E-state index is 10.3. The molecule has 1 aliphatic heterocycles. The summed E-state index contributed by atoms with van der Waals surface area (Å²) in [5.74, 6) is 2.41. The Morgan fingerprint density at radius 3 is 2.64 bits per heavy atom. The molecule has 1 N–H and O–H groups in total. The Kier molecular flexibility index (Phi) is 4.63. The fourth-order valence-electron chi connectivity index (χ4n) is 3.16. The lowest BCUT2D eigenvalue weighted by atomic mass is 10.2. The number of aliphatic hydroxyl groups is 1. The van der Waals surface area contributed by atoms with Crippen LogP contribution in [0.1, 0.15) is 18.4 Å². The first kappa shape index (κ1) is 16.4. The van der Waals surface area contributed by atoms with Crippen molar-refractivity contribution >= 4 is 0 Å². The molecule has 2 atom stereocenters. The quantitative estimate of drug-likeness (QED) is 0.831. The Morgan fingerprint density at radius 2 is 1.96 bits per heavy atom. The average molecular weight is 343 g/mol. The lowest BCUT2D eigenvalue weighted by molar-refractivity contribution is 0.0736. The van der Waals surface area contributed by atoms with Crippen molar-refractivity contribution in [1.82, 2.24) is 14.7 Å². The highest BCUT2D eigenvalue weighted by Crippen LogP contribution is 2.29. The zero-order valence-electron chi connectivity index (χ0n) is 14.5. The normalized spacial score (nSPS) is 23.8. The fraction of sp³-hybridized carbons (Fsp3) is 0.526. The van der Waals surface area contributed by atoms with E-state index in [1.807, 2.05) is 25.4 Å². The summed E-state index contributed by atoms with van der Waals surface area (Å²) in [5.41, 5.74) is 1.22. The van der Waals surface area contributed by atoms with Gasteiger partial charge in [-0.1, -0.05) is 12.1 Å². The van der Waals surface area contributed by atoms with Gasteiger partial charge in [0.1, 0.15) is 18.0 Å². The molecule has 25 heavy (non-hydrogen) atoms. The average Bonchev–Trinajstić information content (AvgIpc) is 3.25. The van der Waals surface area contributed by atoms with Gasteiger partial charge in [-0.2, -0.15) is 5.10 Å². The van der Waals surface area contributed by atoms with Crippen molar-refractivity contribution in [3.8, 4) is 11.5 Å². The van der Waals surface area contributed by atoms with Crippen LogP contribution >= 0.6 is 0 Å². The van der Waals surface area contributed by atoms with Crippen molar-refractivity contribution in [1.29, 1.82) is 0 Å². The predicted molar refractivity (Wildman–Crippen MR) is 93.6 cm³/mol. The zero-order valence-corrected chi connectivity index (χ0v) is 14.5. The molecule has 2 aromatic rings. The lowest BCUT2D eigenvalue weighted by Crippen LogP contribution is -2.29. The number of β-amino-alcohol motifs (C(OH)–C–C–N with tert-alkyl or cyclic N) is 1. The topological polar surface area (TPSA) is 59.8 Å². The molecule has 6 heteroatoms. The highest BCUT2D eigenvalue weighted by Gasteiger charge is 2.33. The van der Waals surface area contributed by atoms with Crippen molar-refractivity contribution in [3.63, 3.8) is 0 Å². The van der Waals surface area contributed by atoms with Crippen LogP contribution in [0.2, 0.25) is 0 Å². The third-order valence-electron chi connectivity index (χ3n) is 4.79. The molecule has 0 amide bonds. The Morgan fingerprint density at radius 1 is 1.16 bits per heavy atom. The van der Waals surface area contributed by atoms with Crippen LogP contribution in [0.5, 0.6) is 11.5 Å². The van der Waals surface area contributed by atoms with E-state index in [1.165, 1.54) is 18.4 Å². The smallest absolute Gasteiger partial charge is 0.157 e. The highest BCUT2D eigenvalue weighted by molar-refractivity contribution is 5.27. The van der Waals surface area contributed by atoms with Crippen LogP contribution in [0.3, 0.4) is 0 Å². The third kappa shape index (κ3) is 4.32. The molecule has 2 heterocycles. The largest absolute Gasteiger partial charge is 0.493 e. The number of benzene rings is 1. The summed E-state index contributed by atoms with van der Waals surface area (Å²) in [6.07, 6.45) is 5.40. The molecule has 0 bridgehead atoms. The molecule has 2 aliphatic rings. The molecule has 1 saturated carbocycles. The van der Waals surface area contributed by atoms with E-state index < -0.39 is 6.10 Å². The van der Waals surface area contributed by atoms with Crippen LogP contribution in [0.15, 0.2) is 36.7 Å². The predicted octanol–water partition coefficient (Wildman–Crippen LogP) is 1.83. The number of ether oxygens (including phenoxy) is 2. The van der Waals surface area contributed by atoms with E-state index >= 15 is 0 Å². The van der Waals surface area contributed by atoms with E-state index in [0.29, 0.717) is 18.8 Å². The van der Waals surface area contributed by atoms with E-state index in [4.69, 9.17) is 9.47 Å². The molecule has 4 rings (SSSR count). The fourth-order valence-corrected chi connectivity index (χ4v) is 3.16. The van der Waals surface area contributed by atoms with Gasteiger partial charge in [0, 0.05) is 26.7 Å². The third-order valence-corrected chi connectivity index (χ3v) is 4.79. The van der Waals surface area contributed by atoms with Crippen molar-refractivity contribution in [2.24, 2.45) is 13.0 Å². The molecular weight excluding hydrogens is 318 g/mol. The summed E-state index contributed by atoms with van der Waals surface area (Å²) in [6, 6.07) is 8.27. The van der Waals surface area contributed by atoms with Gasteiger partial charge in [-0.25, -0.2) is 0 Å². The second-order valence-corrected chi connectivity index (χ2v) is 7.17. The number of hydrogen-bond donors (Lipinski definition) is 1. The van der Waals surface area contributed by atoms with Crippen LogP contribution in [0.4, 0.5) is 0 Å². The van der Waals surface area contributed by atoms with E-state index in [9.17, 15) is 5.11 Å².